The van der Waals surface area contributed by atoms with Gasteiger partial charge in [-0.25, -0.2) is 0 Å². The Morgan fingerprint density at radius 2 is 2.00 bits per heavy atom. The predicted octanol–water partition coefficient (Wildman–Crippen LogP) is 3.35. The fourth-order valence-electron chi connectivity index (χ4n) is 1.98. The van der Waals surface area contributed by atoms with Gasteiger partial charge in [0.25, 0.3) is 16.0 Å². The van der Waals surface area contributed by atoms with Crippen LogP contribution in [0.1, 0.15) is 5.56 Å². The summed E-state index contributed by atoms with van der Waals surface area (Å²) < 4.78 is 31.3. The number of hydrogen-bond donors (Lipinski definition) is 3. The van der Waals surface area contributed by atoms with E-state index in [9.17, 15) is 18.5 Å². The number of anilines is 2. The molecule has 0 radical (unpaired) electrons. The molecule has 26 heavy (non-hydrogen) atoms. The molecule has 1 amide bonds. The fraction of sp³-hybridized carbons (Fsp3) is 0.0588. The minimum atomic E-state index is -4.40. The first kappa shape index (κ1) is 19.5. The van der Waals surface area contributed by atoms with Gasteiger partial charge in [-0.3, -0.25) is 9.35 Å². The zero-order valence-electron chi connectivity index (χ0n) is 13.5. The van der Waals surface area contributed by atoms with E-state index in [1.807, 2.05) is 6.92 Å². The lowest BCUT2D eigenvalue weighted by atomic mass is 10.2. The summed E-state index contributed by atoms with van der Waals surface area (Å²) >= 11 is 5.91. The molecule has 0 aliphatic heterocycles. The normalized spacial score (nSPS) is 11.5. The Morgan fingerprint density at radius 3 is 2.65 bits per heavy atom. The molecule has 0 aliphatic rings. The van der Waals surface area contributed by atoms with E-state index in [0.717, 1.165) is 11.6 Å². The number of nitrogens with one attached hydrogen (secondary N) is 2. The highest BCUT2D eigenvalue weighted by Gasteiger charge is 2.13. The standard InChI is InChI=1S/C17H14ClN3O4S/c1-11-5-6-13(18)7-16(11)20-10-12(9-19)17(22)21-14-3-2-4-15(8-14)26(23,24)25/h2-8,10,20H,1H3,(H,21,22)(H,23,24,25)/b12-10-. The topological polar surface area (TPSA) is 119 Å². The van der Waals surface area contributed by atoms with Gasteiger partial charge >= 0.3 is 0 Å². The van der Waals surface area contributed by atoms with Crippen LogP contribution in [-0.4, -0.2) is 18.9 Å². The Hall–Kier alpha value is -2.86. The lowest BCUT2D eigenvalue weighted by Gasteiger charge is -2.08. The van der Waals surface area contributed by atoms with Crippen molar-refractivity contribution in [3.05, 3.63) is 64.8 Å². The molecule has 0 fully saturated rings. The maximum atomic E-state index is 12.2. The van der Waals surface area contributed by atoms with Crippen molar-refractivity contribution >= 4 is 39.0 Å². The summed E-state index contributed by atoms with van der Waals surface area (Å²) in [6.07, 6.45) is 1.22. The minimum absolute atomic E-state index is 0.116. The SMILES string of the molecule is Cc1ccc(Cl)cc1N/C=C(/C#N)C(=O)Nc1cccc(S(=O)(=O)O)c1. The fourth-order valence-corrected chi connectivity index (χ4v) is 2.68. The van der Waals surface area contributed by atoms with Gasteiger partial charge in [0.1, 0.15) is 11.6 Å². The van der Waals surface area contributed by atoms with Crippen molar-refractivity contribution in [2.24, 2.45) is 0 Å². The molecule has 0 saturated heterocycles. The van der Waals surface area contributed by atoms with Crippen LogP contribution in [0.5, 0.6) is 0 Å². The first-order valence-electron chi connectivity index (χ1n) is 7.22. The average molecular weight is 392 g/mol. The van der Waals surface area contributed by atoms with E-state index in [2.05, 4.69) is 10.6 Å². The van der Waals surface area contributed by atoms with E-state index in [-0.39, 0.29) is 16.2 Å². The summed E-state index contributed by atoms with van der Waals surface area (Å²) in [6.45, 7) is 1.83. The van der Waals surface area contributed by atoms with Gasteiger partial charge in [-0.1, -0.05) is 23.7 Å². The number of halogens is 1. The lowest BCUT2D eigenvalue weighted by molar-refractivity contribution is -0.112. The number of nitriles is 1. The summed E-state index contributed by atoms with van der Waals surface area (Å²) in [6, 6.07) is 11.9. The van der Waals surface area contributed by atoms with Crippen LogP contribution in [0.15, 0.2) is 59.1 Å². The van der Waals surface area contributed by atoms with Crippen molar-refractivity contribution in [3.63, 3.8) is 0 Å². The zero-order valence-corrected chi connectivity index (χ0v) is 15.1. The van der Waals surface area contributed by atoms with E-state index in [1.165, 1.54) is 24.4 Å². The second-order valence-corrected chi connectivity index (χ2v) is 7.09. The van der Waals surface area contributed by atoms with Gasteiger partial charge in [0.15, 0.2) is 0 Å². The predicted molar refractivity (Wildman–Crippen MR) is 98.4 cm³/mol. The van der Waals surface area contributed by atoms with Crippen LogP contribution in [0, 0.1) is 18.3 Å². The van der Waals surface area contributed by atoms with Crippen molar-refractivity contribution in [1.29, 1.82) is 5.26 Å². The summed E-state index contributed by atoms with van der Waals surface area (Å²) in [5.74, 6) is -0.743. The molecule has 0 aliphatic carbocycles. The first-order valence-corrected chi connectivity index (χ1v) is 9.04. The van der Waals surface area contributed by atoms with E-state index >= 15 is 0 Å². The van der Waals surface area contributed by atoms with E-state index < -0.39 is 16.0 Å². The molecule has 0 saturated carbocycles. The second kappa shape index (κ2) is 8.01. The molecule has 0 spiro atoms. The van der Waals surface area contributed by atoms with Crippen LogP contribution in [-0.2, 0) is 14.9 Å². The van der Waals surface area contributed by atoms with Crippen LogP contribution in [0.3, 0.4) is 0 Å². The largest absolute Gasteiger partial charge is 0.360 e. The van der Waals surface area contributed by atoms with Crippen molar-refractivity contribution in [1.82, 2.24) is 0 Å². The van der Waals surface area contributed by atoms with Gasteiger partial charge in [-0.15, -0.1) is 0 Å². The Morgan fingerprint density at radius 1 is 1.27 bits per heavy atom. The molecule has 0 heterocycles. The smallest absolute Gasteiger partial charge is 0.294 e. The summed E-state index contributed by atoms with van der Waals surface area (Å²) in [7, 11) is -4.40. The molecule has 2 aromatic rings. The van der Waals surface area contributed by atoms with Gasteiger partial charge in [0.05, 0.1) is 4.90 Å². The van der Waals surface area contributed by atoms with Crippen molar-refractivity contribution < 1.29 is 17.8 Å². The van der Waals surface area contributed by atoms with E-state index in [4.69, 9.17) is 16.2 Å². The lowest BCUT2D eigenvalue weighted by Crippen LogP contribution is -2.15. The quantitative estimate of drug-likeness (QED) is 0.408. The third-order valence-electron chi connectivity index (χ3n) is 3.33. The van der Waals surface area contributed by atoms with Gasteiger partial charge in [-0.2, -0.15) is 13.7 Å². The van der Waals surface area contributed by atoms with Crippen LogP contribution in [0.25, 0.3) is 0 Å². The van der Waals surface area contributed by atoms with Gasteiger partial charge in [-0.05, 0) is 42.8 Å². The highest BCUT2D eigenvalue weighted by atomic mass is 35.5. The molecule has 3 N–H and O–H groups in total. The molecule has 134 valence electrons. The second-order valence-electron chi connectivity index (χ2n) is 5.23. The first-order chi connectivity index (χ1) is 12.2. The molecular weight excluding hydrogens is 378 g/mol. The number of carbonyl (C=O) groups excluding carboxylic acids is 1. The zero-order chi connectivity index (χ0) is 19.3. The Bertz CT molecular complexity index is 1030. The number of nitrogens with zero attached hydrogens (tertiary/aromatic N) is 1. The summed E-state index contributed by atoms with van der Waals surface area (Å²) in [5.41, 5.74) is 1.38. The van der Waals surface area contributed by atoms with Crippen LogP contribution in [0.4, 0.5) is 11.4 Å². The van der Waals surface area contributed by atoms with Gasteiger partial charge < -0.3 is 10.6 Å². The maximum Gasteiger partial charge on any atom is 0.294 e. The Labute approximate surface area is 155 Å². The molecule has 0 atom stereocenters. The summed E-state index contributed by atoms with van der Waals surface area (Å²) in [5, 5.41) is 14.9. The number of hydrogen-bond acceptors (Lipinski definition) is 5. The molecule has 9 heteroatoms. The number of carbonyl (C=O) groups is 1. The van der Waals surface area contributed by atoms with Gasteiger partial charge in [0, 0.05) is 22.6 Å². The maximum absolute atomic E-state index is 12.2. The van der Waals surface area contributed by atoms with Crippen LogP contribution < -0.4 is 10.6 Å². The monoisotopic (exact) mass is 391 g/mol. The van der Waals surface area contributed by atoms with Gasteiger partial charge in [0.2, 0.25) is 0 Å². The van der Waals surface area contributed by atoms with Crippen LogP contribution in [0.2, 0.25) is 5.02 Å². The average Bonchev–Trinajstić information content (AvgIpc) is 2.58. The molecule has 0 unspecified atom stereocenters. The third-order valence-corrected chi connectivity index (χ3v) is 4.41. The third kappa shape index (κ3) is 5.07. The number of aryl methyl sites for hydroxylation is 1. The Kier molecular flexibility index (Phi) is 6.00. The number of rotatable bonds is 5. The van der Waals surface area contributed by atoms with Crippen molar-refractivity contribution in [2.45, 2.75) is 11.8 Å². The van der Waals surface area contributed by atoms with Crippen molar-refractivity contribution in [2.75, 3.05) is 10.6 Å². The molecule has 2 rings (SSSR count). The summed E-state index contributed by atoms with van der Waals surface area (Å²) in [4.78, 5) is 11.8. The molecule has 2 aromatic carbocycles. The molecule has 7 nitrogen and oxygen atoms in total. The highest BCUT2D eigenvalue weighted by molar-refractivity contribution is 7.85. The Balaban J connectivity index is 2.19. The molecule has 0 aromatic heterocycles. The van der Waals surface area contributed by atoms with E-state index in [1.54, 1.807) is 24.3 Å². The minimum Gasteiger partial charge on any atom is -0.360 e. The highest BCUT2D eigenvalue weighted by Crippen LogP contribution is 2.20. The van der Waals surface area contributed by atoms with Crippen LogP contribution >= 0.6 is 11.6 Å². The number of benzene rings is 2. The van der Waals surface area contributed by atoms with E-state index in [0.29, 0.717) is 10.7 Å². The molecular formula is C17H14ClN3O4S. The molecule has 0 bridgehead atoms. The number of amides is 1. The van der Waals surface area contributed by atoms with Crippen molar-refractivity contribution in [3.8, 4) is 6.07 Å².